The molecule has 0 bridgehead atoms. The van der Waals surface area contributed by atoms with Gasteiger partial charge in [-0.1, -0.05) is 6.92 Å². The first kappa shape index (κ1) is 19.1. The maximum Gasteiger partial charge on any atom is 0.417 e. The van der Waals surface area contributed by atoms with E-state index in [2.05, 4.69) is 20.2 Å². The van der Waals surface area contributed by atoms with E-state index in [4.69, 9.17) is 0 Å². The van der Waals surface area contributed by atoms with E-state index in [0.717, 1.165) is 22.8 Å². The van der Waals surface area contributed by atoms with E-state index in [1.54, 1.807) is 12.3 Å². The van der Waals surface area contributed by atoms with Crippen molar-refractivity contribution in [1.82, 2.24) is 29.4 Å². The van der Waals surface area contributed by atoms with Crippen LogP contribution < -0.4 is 0 Å². The lowest BCUT2D eigenvalue weighted by atomic mass is 10.3. The van der Waals surface area contributed by atoms with E-state index in [1.165, 1.54) is 30.1 Å². The van der Waals surface area contributed by atoms with Gasteiger partial charge in [-0.15, -0.1) is 5.10 Å². The predicted molar refractivity (Wildman–Crippen MR) is 96.1 cm³/mol. The van der Waals surface area contributed by atoms with Crippen LogP contribution in [0, 0.1) is 0 Å². The lowest BCUT2D eigenvalue weighted by Gasteiger charge is -2.09. The maximum absolute atomic E-state index is 12.9. The van der Waals surface area contributed by atoms with Gasteiger partial charge in [-0.25, -0.2) is 27.6 Å². The zero-order valence-electron chi connectivity index (χ0n) is 14.9. The zero-order chi connectivity index (χ0) is 20.8. The summed E-state index contributed by atoms with van der Waals surface area (Å²) in [6.45, 7) is 1.48. The van der Waals surface area contributed by atoms with Gasteiger partial charge in [0.05, 0.1) is 28.1 Å². The molecule has 29 heavy (non-hydrogen) atoms. The summed E-state index contributed by atoms with van der Waals surface area (Å²) in [5.41, 5.74) is -0.399. The fourth-order valence-corrected chi connectivity index (χ4v) is 3.74. The van der Waals surface area contributed by atoms with Crippen LogP contribution in [0.25, 0.3) is 22.9 Å². The molecule has 0 N–H and O–H groups in total. The monoisotopic (exact) mass is 422 g/mol. The smallest absolute Gasteiger partial charge is 0.249 e. The molecule has 0 atom stereocenters. The molecule has 0 aliphatic rings. The number of halogens is 3. The van der Waals surface area contributed by atoms with Crippen LogP contribution in [0.5, 0.6) is 0 Å². The van der Waals surface area contributed by atoms with Gasteiger partial charge in [-0.05, 0) is 24.3 Å². The first-order valence-corrected chi connectivity index (χ1v) is 10.0. The van der Waals surface area contributed by atoms with Crippen LogP contribution in [0.4, 0.5) is 13.2 Å². The van der Waals surface area contributed by atoms with Gasteiger partial charge in [0, 0.05) is 18.6 Å². The average Bonchev–Trinajstić information content (AvgIpc) is 3.36. The molecule has 0 amide bonds. The Morgan fingerprint density at radius 1 is 1.21 bits per heavy atom. The third-order valence-corrected chi connectivity index (χ3v) is 5.93. The number of aromatic nitrogens is 6. The van der Waals surface area contributed by atoms with Crippen LogP contribution in [0.15, 0.2) is 53.9 Å². The highest BCUT2D eigenvalue weighted by atomic mass is 32.2. The van der Waals surface area contributed by atoms with Crippen molar-refractivity contribution in [2.75, 3.05) is 5.75 Å². The van der Waals surface area contributed by atoms with Crippen LogP contribution in [0.3, 0.4) is 0 Å². The van der Waals surface area contributed by atoms with Gasteiger partial charge in [0.15, 0.2) is 15.5 Å². The van der Waals surface area contributed by atoms with E-state index < -0.39 is 21.6 Å². The minimum atomic E-state index is -4.54. The molecule has 0 aromatic carbocycles. The second-order valence-electron chi connectivity index (χ2n) is 6.05. The minimum Gasteiger partial charge on any atom is -0.249 e. The maximum atomic E-state index is 12.9. The number of hydrogen-bond donors (Lipinski definition) is 0. The predicted octanol–water partition coefficient (Wildman–Crippen LogP) is 2.79. The molecule has 0 saturated carbocycles. The number of rotatable bonds is 4. The quantitative estimate of drug-likeness (QED) is 0.502. The number of pyridine rings is 2. The number of nitrogens with zero attached hydrogens (tertiary/aromatic N) is 6. The van der Waals surface area contributed by atoms with Crippen molar-refractivity contribution < 1.29 is 21.6 Å². The molecule has 4 aromatic rings. The molecule has 12 heteroatoms. The lowest BCUT2D eigenvalue weighted by Crippen LogP contribution is -2.09. The summed E-state index contributed by atoms with van der Waals surface area (Å²) in [5, 5.41) is 8.06. The van der Waals surface area contributed by atoms with Gasteiger partial charge in [-0.3, -0.25) is 0 Å². The van der Waals surface area contributed by atoms with Gasteiger partial charge in [-0.2, -0.15) is 18.3 Å². The van der Waals surface area contributed by atoms with Crippen LogP contribution in [0.2, 0.25) is 0 Å². The fraction of sp³-hybridized carbons (Fsp3) is 0.176. The molecule has 4 rings (SSSR count). The number of alkyl halides is 3. The molecule has 4 aromatic heterocycles. The molecule has 150 valence electrons. The molecule has 4 heterocycles. The number of sulfone groups is 1. The Balaban J connectivity index is 1.90. The highest BCUT2D eigenvalue weighted by Gasteiger charge is 2.31. The Kier molecular flexibility index (Phi) is 4.37. The van der Waals surface area contributed by atoms with Crippen molar-refractivity contribution in [1.29, 1.82) is 0 Å². The Morgan fingerprint density at radius 3 is 2.66 bits per heavy atom. The zero-order valence-corrected chi connectivity index (χ0v) is 15.7. The van der Waals surface area contributed by atoms with Gasteiger partial charge >= 0.3 is 6.18 Å². The molecule has 8 nitrogen and oxygen atoms in total. The normalized spacial score (nSPS) is 12.6. The summed E-state index contributed by atoms with van der Waals surface area (Å²) < 4.78 is 66.5. The standard InChI is InChI=1S/C17H13F3N6O2S/c1-2-29(27,28)13-8-12(25-7-3-6-22-25)9-21-15(13)16-23-14-5-4-11(17(18,19)20)10-26(14)24-16/h3-10H,2H2,1H3. The third-order valence-electron chi connectivity index (χ3n) is 4.19. The lowest BCUT2D eigenvalue weighted by molar-refractivity contribution is -0.137. The summed E-state index contributed by atoms with van der Waals surface area (Å²) in [7, 11) is -3.73. The van der Waals surface area contributed by atoms with E-state index in [-0.39, 0.29) is 27.8 Å². The Bertz CT molecular complexity index is 1300. The number of fused-ring (bicyclic) bond motifs is 1. The molecule has 0 spiro atoms. The average molecular weight is 422 g/mol. The second kappa shape index (κ2) is 6.65. The third kappa shape index (κ3) is 3.46. The van der Waals surface area contributed by atoms with Crippen molar-refractivity contribution in [2.24, 2.45) is 0 Å². The molecular formula is C17H13F3N6O2S. The first-order chi connectivity index (χ1) is 13.7. The van der Waals surface area contributed by atoms with Crippen LogP contribution >= 0.6 is 0 Å². The van der Waals surface area contributed by atoms with Crippen molar-refractivity contribution in [3.63, 3.8) is 0 Å². The summed E-state index contributed by atoms with van der Waals surface area (Å²) >= 11 is 0. The summed E-state index contributed by atoms with van der Waals surface area (Å²) in [5.74, 6) is -0.293. The molecule has 0 radical (unpaired) electrons. The first-order valence-electron chi connectivity index (χ1n) is 8.36. The van der Waals surface area contributed by atoms with Crippen molar-refractivity contribution in [3.05, 3.63) is 54.6 Å². The SMILES string of the molecule is CCS(=O)(=O)c1cc(-n2cccn2)cnc1-c1nc2ccc(C(F)(F)F)cn2n1. The Morgan fingerprint density at radius 2 is 2.00 bits per heavy atom. The molecule has 0 aliphatic heterocycles. The van der Waals surface area contributed by atoms with Gasteiger partial charge < -0.3 is 0 Å². The Hall–Kier alpha value is -3.28. The summed E-state index contributed by atoms with van der Waals surface area (Å²) in [4.78, 5) is 8.20. The van der Waals surface area contributed by atoms with E-state index >= 15 is 0 Å². The van der Waals surface area contributed by atoms with Crippen molar-refractivity contribution in [2.45, 2.75) is 18.0 Å². The highest BCUT2D eigenvalue weighted by Crippen LogP contribution is 2.30. The fourth-order valence-electron chi connectivity index (χ4n) is 2.69. The molecule has 0 saturated heterocycles. The topological polar surface area (TPSA) is 95.0 Å². The molecule has 0 aliphatic carbocycles. The van der Waals surface area contributed by atoms with Crippen molar-refractivity contribution >= 4 is 15.5 Å². The van der Waals surface area contributed by atoms with E-state index in [9.17, 15) is 21.6 Å². The van der Waals surface area contributed by atoms with E-state index in [0.29, 0.717) is 5.69 Å². The van der Waals surface area contributed by atoms with E-state index in [1.807, 2.05) is 0 Å². The Labute approximate surface area is 162 Å². The van der Waals surface area contributed by atoms with Crippen LogP contribution in [-0.2, 0) is 16.0 Å². The van der Waals surface area contributed by atoms with Gasteiger partial charge in [0.2, 0.25) is 5.82 Å². The summed E-state index contributed by atoms with van der Waals surface area (Å²) in [6.07, 6.45) is 0.799. The highest BCUT2D eigenvalue weighted by molar-refractivity contribution is 7.91. The van der Waals surface area contributed by atoms with Crippen LogP contribution in [-0.4, -0.2) is 43.5 Å². The second-order valence-corrected chi connectivity index (χ2v) is 8.29. The van der Waals surface area contributed by atoms with Crippen LogP contribution in [0.1, 0.15) is 12.5 Å². The van der Waals surface area contributed by atoms with Gasteiger partial charge in [0.25, 0.3) is 0 Å². The van der Waals surface area contributed by atoms with Gasteiger partial charge in [0.1, 0.15) is 5.69 Å². The molecule has 0 fully saturated rings. The number of hydrogen-bond acceptors (Lipinski definition) is 6. The molecular weight excluding hydrogens is 409 g/mol. The van der Waals surface area contributed by atoms with Crippen molar-refractivity contribution in [3.8, 4) is 17.2 Å². The largest absolute Gasteiger partial charge is 0.417 e. The minimum absolute atomic E-state index is 0.0417. The molecule has 0 unspecified atom stereocenters. The summed E-state index contributed by atoms with van der Waals surface area (Å²) in [6, 6.07) is 5.10.